The van der Waals surface area contributed by atoms with E-state index in [0.717, 1.165) is 11.1 Å². The zero-order valence-corrected chi connectivity index (χ0v) is 29.4. The summed E-state index contributed by atoms with van der Waals surface area (Å²) in [6.07, 6.45) is -6.44. The minimum atomic E-state index is -2.08. The van der Waals surface area contributed by atoms with Gasteiger partial charge in [-0.3, -0.25) is 14.5 Å². The van der Waals surface area contributed by atoms with E-state index in [1.807, 2.05) is 60.7 Å². The number of nitrogens with zero attached hydrogens (tertiary/aromatic N) is 1. The molecule has 4 aromatic rings. The molecule has 6 N–H and O–H groups in total. The second kappa shape index (κ2) is 14.6. The first-order valence-corrected chi connectivity index (χ1v) is 17.6. The predicted octanol–water partition coefficient (Wildman–Crippen LogP) is 3.54. The number of hydrogen-bond donors (Lipinski definition) is 6. The van der Waals surface area contributed by atoms with Gasteiger partial charge in [0.05, 0.1) is 54.3 Å². The van der Waals surface area contributed by atoms with Gasteiger partial charge in [0.15, 0.2) is 12.1 Å². The molecule has 278 valence electrons. The van der Waals surface area contributed by atoms with Crippen LogP contribution in [-0.2, 0) is 29.0 Å². The third-order valence-electron chi connectivity index (χ3n) is 10.8. The summed E-state index contributed by atoms with van der Waals surface area (Å²) in [5.41, 5.74) is -1.19. The smallest absolute Gasteiger partial charge is 0.202 e. The molecule has 2 aliphatic carbocycles. The monoisotopic (exact) mass is 725 g/mol. The van der Waals surface area contributed by atoms with Crippen LogP contribution in [0.15, 0.2) is 78.9 Å². The van der Waals surface area contributed by atoms with Crippen LogP contribution in [0.1, 0.15) is 80.0 Å². The minimum absolute atomic E-state index is 0.0319. The Morgan fingerprint density at radius 1 is 0.887 bits per heavy atom. The molecule has 7 atom stereocenters. The van der Waals surface area contributed by atoms with Crippen LogP contribution < -0.4 is 4.74 Å². The number of hydrogen-bond acceptors (Lipinski definition) is 12. The van der Waals surface area contributed by atoms with Gasteiger partial charge in [0, 0.05) is 55.1 Å². The Morgan fingerprint density at radius 2 is 1.51 bits per heavy atom. The Labute approximate surface area is 306 Å². The van der Waals surface area contributed by atoms with Crippen molar-refractivity contribution in [2.45, 2.75) is 81.6 Å². The molecular weight excluding hydrogens is 682 g/mol. The maximum Gasteiger partial charge on any atom is 0.202 e. The summed E-state index contributed by atoms with van der Waals surface area (Å²) in [6, 6.07) is 23.6. The molecule has 1 saturated heterocycles. The van der Waals surface area contributed by atoms with Crippen molar-refractivity contribution in [2.75, 3.05) is 13.7 Å². The lowest BCUT2D eigenvalue weighted by atomic mass is 9.71. The first-order valence-electron chi connectivity index (χ1n) is 17.6. The molecule has 0 saturated carbocycles. The molecule has 12 nitrogen and oxygen atoms in total. The number of aliphatic hydroxyl groups is 4. The van der Waals surface area contributed by atoms with Gasteiger partial charge in [-0.25, -0.2) is 0 Å². The first kappa shape index (κ1) is 36.7. The van der Waals surface area contributed by atoms with Crippen molar-refractivity contribution in [1.82, 2.24) is 4.90 Å². The summed E-state index contributed by atoms with van der Waals surface area (Å²) in [7, 11) is 1.35. The van der Waals surface area contributed by atoms with Crippen molar-refractivity contribution in [3.8, 4) is 17.2 Å². The minimum Gasteiger partial charge on any atom is -0.507 e. The summed E-state index contributed by atoms with van der Waals surface area (Å²) in [5.74, 6) is -2.65. The summed E-state index contributed by atoms with van der Waals surface area (Å²) in [5, 5.41) is 67.7. The highest BCUT2D eigenvalue weighted by atomic mass is 16.7. The Balaban J connectivity index is 1.28. The largest absolute Gasteiger partial charge is 0.507 e. The van der Waals surface area contributed by atoms with Gasteiger partial charge in [0.1, 0.15) is 23.4 Å². The molecule has 1 heterocycles. The zero-order chi connectivity index (χ0) is 37.6. The summed E-state index contributed by atoms with van der Waals surface area (Å²) < 4.78 is 18.1. The van der Waals surface area contributed by atoms with Crippen molar-refractivity contribution in [3.05, 3.63) is 123 Å². The van der Waals surface area contributed by atoms with E-state index in [1.54, 1.807) is 6.92 Å². The van der Waals surface area contributed by atoms with Gasteiger partial charge >= 0.3 is 0 Å². The lowest BCUT2D eigenvalue weighted by Gasteiger charge is -2.46. The zero-order valence-electron chi connectivity index (χ0n) is 29.4. The highest BCUT2D eigenvalue weighted by Crippen LogP contribution is 2.53. The fourth-order valence-electron chi connectivity index (χ4n) is 8.07. The van der Waals surface area contributed by atoms with Gasteiger partial charge in [-0.2, -0.15) is 0 Å². The van der Waals surface area contributed by atoms with E-state index in [0.29, 0.717) is 13.1 Å². The number of ketones is 2. The SMILES string of the molecule is COc1cccc2c1C(=O)c1c(O)c3c(c(O)c1C2=O)C[C@@](O)(C(O)CO)C[C@@H]3OC1CC(N(Cc2ccccc2)Cc2ccccc2)C(O)C(C)O1. The number of aliphatic hydroxyl groups excluding tert-OH is 3. The Morgan fingerprint density at radius 3 is 2.11 bits per heavy atom. The quantitative estimate of drug-likeness (QED) is 0.115. The molecule has 0 aromatic heterocycles. The summed E-state index contributed by atoms with van der Waals surface area (Å²) in [6.45, 7) is 1.87. The highest BCUT2D eigenvalue weighted by Gasteiger charge is 2.50. The van der Waals surface area contributed by atoms with Crippen molar-refractivity contribution in [2.24, 2.45) is 0 Å². The molecule has 0 spiro atoms. The number of phenols is 2. The van der Waals surface area contributed by atoms with E-state index in [-0.39, 0.29) is 40.8 Å². The van der Waals surface area contributed by atoms with Crippen LogP contribution in [0.2, 0.25) is 0 Å². The molecule has 0 bridgehead atoms. The van der Waals surface area contributed by atoms with Crippen LogP contribution in [-0.4, -0.2) is 97.1 Å². The number of carbonyl (C=O) groups excluding carboxylic acids is 2. The molecule has 0 radical (unpaired) electrons. The van der Waals surface area contributed by atoms with Gasteiger partial charge < -0.3 is 44.8 Å². The van der Waals surface area contributed by atoms with Gasteiger partial charge in [0.25, 0.3) is 0 Å². The van der Waals surface area contributed by atoms with Crippen LogP contribution in [0.3, 0.4) is 0 Å². The van der Waals surface area contributed by atoms with Crippen molar-refractivity contribution >= 4 is 11.6 Å². The number of ether oxygens (including phenoxy) is 3. The van der Waals surface area contributed by atoms with E-state index in [2.05, 4.69) is 4.90 Å². The lowest BCUT2D eigenvalue weighted by molar-refractivity contribution is -0.263. The maximum atomic E-state index is 14.0. The second-order valence-electron chi connectivity index (χ2n) is 14.1. The average Bonchev–Trinajstić information content (AvgIpc) is 3.16. The number of fused-ring (bicyclic) bond motifs is 3. The standard InChI is InChI=1S/C41H43NO11/c1-22-36(45)27(42(19-23-10-5-3-6-11-23)20-24-12-7-4-8-13-24)16-31(52-22)53-29-18-41(50,30(44)21-43)17-26-33(29)40(49)35-34(38(26)47)37(46)25-14-9-15-28(51-2)32(25)39(35)48/h3-15,22,27,29-31,36,43-45,47,49-50H,16-21H2,1-2H3/t22?,27?,29-,30?,31?,36?,41-/m0/s1. The molecule has 53 heavy (non-hydrogen) atoms. The van der Waals surface area contributed by atoms with Crippen LogP contribution in [0.5, 0.6) is 17.2 Å². The maximum absolute atomic E-state index is 14.0. The molecule has 5 unspecified atom stereocenters. The Bertz CT molecular complexity index is 1960. The second-order valence-corrected chi connectivity index (χ2v) is 14.1. The van der Waals surface area contributed by atoms with E-state index < -0.39 is 89.6 Å². The van der Waals surface area contributed by atoms with Gasteiger partial charge in [-0.05, 0) is 24.1 Å². The number of phenolic OH excluding ortho intramolecular Hbond substituents is 2. The van der Waals surface area contributed by atoms with Crippen molar-refractivity contribution in [1.29, 1.82) is 0 Å². The summed E-state index contributed by atoms with van der Waals surface area (Å²) >= 11 is 0. The fraction of sp³-hybridized carbons (Fsp3) is 0.366. The number of methoxy groups -OCH3 is 1. The molecule has 12 heteroatoms. The Kier molecular flexibility index (Phi) is 10.1. The predicted molar refractivity (Wildman–Crippen MR) is 191 cm³/mol. The van der Waals surface area contributed by atoms with E-state index in [9.17, 15) is 40.2 Å². The Hall–Kier alpha value is -4.66. The van der Waals surface area contributed by atoms with Crippen molar-refractivity contribution < 1.29 is 54.4 Å². The topological polar surface area (TPSA) is 186 Å². The van der Waals surface area contributed by atoms with Crippen LogP contribution in [0, 0.1) is 0 Å². The molecule has 1 fully saturated rings. The number of benzene rings is 4. The van der Waals surface area contributed by atoms with E-state index >= 15 is 0 Å². The average molecular weight is 726 g/mol. The highest BCUT2D eigenvalue weighted by molar-refractivity contribution is 6.31. The van der Waals surface area contributed by atoms with E-state index in [4.69, 9.17) is 14.2 Å². The number of carbonyl (C=O) groups is 2. The van der Waals surface area contributed by atoms with Crippen LogP contribution >= 0.6 is 0 Å². The van der Waals surface area contributed by atoms with Crippen LogP contribution in [0.25, 0.3) is 0 Å². The van der Waals surface area contributed by atoms with E-state index in [1.165, 1.54) is 25.3 Å². The number of rotatable bonds is 10. The molecule has 3 aliphatic rings. The van der Waals surface area contributed by atoms with Crippen molar-refractivity contribution in [3.63, 3.8) is 0 Å². The third-order valence-corrected chi connectivity index (χ3v) is 10.8. The first-order chi connectivity index (χ1) is 25.4. The lowest BCUT2D eigenvalue weighted by Crippen LogP contribution is -2.55. The normalized spacial score (nSPS) is 25.8. The molecule has 4 aromatic carbocycles. The van der Waals surface area contributed by atoms with Gasteiger partial charge in [-0.1, -0.05) is 72.8 Å². The molecule has 0 amide bonds. The summed E-state index contributed by atoms with van der Waals surface area (Å²) in [4.78, 5) is 30.0. The molecule has 1 aliphatic heterocycles. The van der Waals surface area contributed by atoms with Crippen LogP contribution in [0.4, 0.5) is 0 Å². The molecular formula is C41H43NO11. The number of aromatic hydroxyl groups is 2. The third kappa shape index (κ3) is 6.61. The molecule has 7 rings (SSSR count). The van der Waals surface area contributed by atoms with Gasteiger partial charge in [0.2, 0.25) is 5.78 Å². The fourth-order valence-corrected chi connectivity index (χ4v) is 8.07. The van der Waals surface area contributed by atoms with Gasteiger partial charge in [-0.15, -0.1) is 0 Å².